The van der Waals surface area contributed by atoms with Crippen molar-refractivity contribution in [1.82, 2.24) is 0 Å². The average molecular weight is 1110 g/mol. The minimum atomic E-state index is -3.55. The summed E-state index contributed by atoms with van der Waals surface area (Å²) < 4.78 is 33.8. The standard InChI is InChI=1S/C80H52O2P2/c81-83(59-24-8-3-9-25-59,77-51-75-66-29-12-10-26-63(66)64-27-14-17-33-70(64)79(75)71-34-18-15-31-68(71)77)60-47-40-57(41-48-60)58-42-49-73-74(50-58)65-28-11-13-30-67(65)76-52-78(69-32-16-19-35-72(69)80(73)76)84(82,61-43-36-55(37-44-61)53-20-4-1-5-21-53)62-45-38-56(39-46-62)54-22-6-2-7-23-54/h1-52H. The average Bonchev–Trinajstić information content (AvgIpc) is 0.833. The largest absolute Gasteiger partial charge is 0.309 e. The molecule has 2 nitrogen and oxygen atoms in total. The Morgan fingerprint density at radius 2 is 0.417 bits per heavy atom. The molecule has 0 aliphatic carbocycles. The zero-order valence-corrected chi connectivity index (χ0v) is 47.5. The predicted molar refractivity (Wildman–Crippen MR) is 362 cm³/mol. The number of hydrogen-bond donors (Lipinski definition) is 0. The van der Waals surface area contributed by atoms with Crippen molar-refractivity contribution < 1.29 is 9.13 Å². The molecule has 16 aromatic rings. The summed E-state index contributed by atoms with van der Waals surface area (Å²) in [6.45, 7) is 0. The number of rotatable bonds is 9. The van der Waals surface area contributed by atoms with Gasteiger partial charge in [0, 0.05) is 31.8 Å². The van der Waals surface area contributed by atoms with Gasteiger partial charge in [-0.3, -0.25) is 0 Å². The Bertz CT molecular complexity index is 5300. The van der Waals surface area contributed by atoms with Crippen molar-refractivity contribution in [1.29, 1.82) is 0 Å². The van der Waals surface area contributed by atoms with E-state index in [0.29, 0.717) is 0 Å². The first-order valence-electron chi connectivity index (χ1n) is 28.7. The van der Waals surface area contributed by atoms with Gasteiger partial charge >= 0.3 is 0 Å². The van der Waals surface area contributed by atoms with E-state index in [1.807, 2.05) is 42.5 Å². The molecule has 0 N–H and O–H groups in total. The summed E-state index contributed by atoms with van der Waals surface area (Å²) in [5, 5.41) is 22.6. The lowest BCUT2D eigenvalue weighted by atomic mass is 9.89. The Hall–Kier alpha value is -9.94. The molecule has 0 aromatic heterocycles. The molecule has 84 heavy (non-hydrogen) atoms. The topological polar surface area (TPSA) is 34.1 Å². The lowest BCUT2D eigenvalue weighted by molar-refractivity contribution is 0.592. The second kappa shape index (κ2) is 19.9. The van der Waals surface area contributed by atoms with Crippen molar-refractivity contribution in [3.63, 3.8) is 0 Å². The number of fused-ring (bicyclic) bond motifs is 16. The van der Waals surface area contributed by atoms with E-state index in [-0.39, 0.29) is 0 Å². The fourth-order valence-electron chi connectivity index (χ4n) is 13.6. The van der Waals surface area contributed by atoms with E-state index in [9.17, 15) is 0 Å². The molecule has 16 rings (SSSR count). The fraction of sp³-hybridized carbons (Fsp3) is 0. The van der Waals surface area contributed by atoms with Gasteiger partial charge in [0.2, 0.25) is 0 Å². The molecule has 1 atom stereocenters. The van der Waals surface area contributed by atoms with Crippen LogP contribution < -0.4 is 31.8 Å². The van der Waals surface area contributed by atoms with E-state index in [4.69, 9.17) is 0 Å². The molecule has 0 saturated carbocycles. The molecule has 1 unspecified atom stereocenters. The molecule has 16 aromatic carbocycles. The fourth-order valence-corrected chi connectivity index (χ4v) is 19.3. The quantitative estimate of drug-likeness (QED) is 0.107. The first kappa shape index (κ1) is 49.8. The van der Waals surface area contributed by atoms with Gasteiger partial charge in [0.1, 0.15) is 0 Å². The Balaban J connectivity index is 0.863. The monoisotopic (exact) mass is 1110 g/mol. The van der Waals surface area contributed by atoms with Crippen molar-refractivity contribution in [2.24, 2.45) is 0 Å². The van der Waals surface area contributed by atoms with Crippen molar-refractivity contribution in [3.8, 4) is 33.4 Å². The van der Waals surface area contributed by atoms with Crippen LogP contribution in [0.2, 0.25) is 0 Å². The maximum Gasteiger partial charge on any atom is 0.171 e. The summed E-state index contributed by atoms with van der Waals surface area (Å²) in [5.74, 6) is 0. The predicted octanol–water partition coefficient (Wildman–Crippen LogP) is 19.2. The molecule has 0 saturated heterocycles. The van der Waals surface area contributed by atoms with Gasteiger partial charge in [-0.25, -0.2) is 0 Å². The molecule has 394 valence electrons. The van der Waals surface area contributed by atoms with E-state index in [0.717, 1.165) is 130 Å². The van der Waals surface area contributed by atoms with Gasteiger partial charge in [-0.2, -0.15) is 0 Å². The van der Waals surface area contributed by atoms with E-state index in [2.05, 4.69) is 273 Å². The van der Waals surface area contributed by atoms with Gasteiger partial charge in [-0.05, 0) is 138 Å². The van der Waals surface area contributed by atoms with Crippen LogP contribution in [0.1, 0.15) is 0 Å². The van der Waals surface area contributed by atoms with Crippen molar-refractivity contribution in [2.75, 3.05) is 0 Å². The van der Waals surface area contributed by atoms with Crippen LogP contribution in [-0.4, -0.2) is 0 Å². The molecular weight excluding hydrogens is 1050 g/mol. The van der Waals surface area contributed by atoms with Crippen LogP contribution in [0.25, 0.3) is 120 Å². The molecule has 0 fully saturated rings. The summed E-state index contributed by atoms with van der Waals surface area (Å²) >= 11 is 0. The molecule has 0 heterocycles. The Labute approximate surface area is 487 Å². The maximum atomic E-state index is 17.0. The smallest absolute Gasteiger partial charge is 0.171 e. The van der Waals surface area contributed by atoms with Crippen molar-refractivity contribution in [3.05, 3.63) is 315 Å². The Kier molecular flexibility index (Phi) is 11.8. The normalized spacial score (nSPS) is 12.7. The summed E-state index contributed by atoms with van der Waals surface area (Å²) in [5.41, 5.74) is 6.47. The summed E-state index contributed by atoms with van der Waals surface area (Å²) in [4.78, 5) is 0. The van der Waals surface area contributed by atoms with E-state index in [1.165, 1.54) is 21.5 Å². The second-order valence-corrected chi connectivity index (χ2v) is 27.5. The van der Waals surface area contributed by atoms with Crippen LogP contribution >= 0.6 is 14.3 Å². The van der Waals surface area contributed by atoms with Gasteiger partial charge in [0.05, 0.1) is 0 Å². The third-order valence-corrected chi connectivity index (χ3v) is 23.8. The van der Waals surface area contributed by atoms with Crippen molar-refractivity contribution >= 4 is 132 Å². The first-order valence-corrected chi connectivity index (χ1v) is 32.1. The third kappa shape index (κ3) is 7.79. The van der Waals surface area contributed by atoms with Gasteiger partial charge in [-0.1, -0.05) is 297 Å². The number of hydrogen-bond acceptors (Lipinski definition) is 2. The molecule has 0 amide bonds. The minimum Gasteiger partial charge on any atom is -0.309 e. The highest BCUT2D eigenvalue weighted by molar-refractivity contribution is 7.86. The van der Waals surface area contributed by atoms with Crippen LogP contribution in [0.4, 0.5) is 0 Å². The van der Waals surface area contributed by atoms with Crippen LogP contribution in [0.15, 0.2) is 315 Å². The van der Waals surface area contributed by atoms with Gasteiger partial charge in [-0.15, -0.1) is 0 Å². The lowest BCUT2D eigenvalue weighted by Crippen LogP contribution is -2.26. The zero-order chi connectivity index (χ0) is 55.9. The highest BCUT2D eigenvalue weighted by Gasteiger charge is 2.35. The molecule has 0 spiro atoms. The summed E-state index contributed by atoms with van der Waals surface area (Å²) in [7, 11) is -7.06. The molecule has 0 radical (unpaired) electrons. The Morgan fingerprint density at radius 3 is 0.821 bits per heavy atom. The first-order chi connectivity index (χ1) is 41.4. The summed E-state index contributed by atoms with van der Waals surface area (Å²) in [6, 6.07) is 110. The molecule has 0 aliphatic heterocycles. The van der Waals surface area contributed by atoms with Crippen LogP contribution in [0, 0.1) is 0 Å². The van der Waals surface area contributed by atoms with Gasteiger partial charge in [0.15, 0.2) is 14.3 Å². The Morgan fingerprint density at radius 1 is 0.167 bits per heavy atom. The SMILES string of the molecule is O=P(c1ccccc1)(c1ccc(-c2ccc3c(c2)c2ccccc2c2cc(P(=O)(c4ccc(-c5ccccc5)cc4)c4ccc(-c5ccccc5)cc4)c4ccccc4c32)cc1)c1cc2c3ccccc3c3ccccc3c2c2ccccc12. The van der Waals surface area contributed by atoms with E-state index in [1.54, 1.807) is 0 Å². The van der Waals surface area contributed by atoms with E-state index < -0.39 is 14.3 Å². The van der Waals surface area contributed by atoms with Crippen molar-refractivity contribution in [2.45, 2.75) is 0 Å². The van der Waals surface area contributed by atoms with Gasteiger partial charge < -0.3 is 9.13 Å². The highest BCUT2D eigenvalue weighted by atomic mass is 31.2. The van der Waals surface area contributed by atoms with Crippen LogP contribution in [0.3, 0.4) is 0 Å². The highest BCUT2D eigenvalue weighted by Crippen LogP contribution is 2.51. The lowest BCUT2D eigenvalue weighted by Gasteiger charge is -2.24. The number of benzene rings is 16. The van der Waals surface area contributed by atoms with Crippen LogP contribution in [-0.2, 0) is 9.13 Å². The zero-order valence-electron chi connectivity index (χ0n) is 45.7. The molecular formula is C80H52O2P2. The molecule has 4 heteroatoms. The van der Waals surface area contributed by atoms with Gasteiger partial charge in [0.25, 0.3) is 0 Å². The molecule has 0 bridgehead atoms. The minimum absolute atomic E-state index is 0.781. The second-order valence-electron chi connectivity index (χ2n) is 22.1. The van der Waals surface area contributed by atoms with Crippen LogP contribution in [0.5, 0.6) is 0 Å². The summed E-state index contributed by atoms with van der Waals surface area (Å²) in [6.07, 6.45) is 0. The maximum absolute atomic E-state index is 17.0. The van der Waals surface area contributed by atoms with E-state index >= 15 is 9.13 Å². The third-order valence-electron chi connectivity index (χ3n) is 17.6. The molecule has 0 aliphatic rings.